The molecule has 3 heteroatoms. The lowest BCUT2D eigenvalue weighted by Crippen LogP contribution is -2.01. The van der Waals surface area contributed by atoms with E-state index in [4.69, 9.17) is 5.73 Å². The summed E-state index contributed by atoms with van der Waals surface area (Å²) in [7, 11) is 0. The minimum absolute atomic E-state index is 0.647. The van der Waals surface area contributed by atoms with Crippen LogP contribution in [-0.2, 0) is 0 Å². The first-order valence-electron chi connectivity index (χ1n) is 6.64. The lowest BCUT2D eigenvalue weighted by atomic mass is 10.1. The van der Waals surface area contributed by atoms with Gasteiger partial charge in [-0.1, -0.05) is 36.4 Å². The van der Waals surface area contributed by atoms with E-state index < -0.39 is 0 Å². The topological polar surface area (TPSA) is 43.8 Å². The Morgan fingerprint density at radius 2 is 1.75 bits per heavy atom. The maximum absolute atomic E-state index is 6.11. The highest BCUT2D eigenvalue weighted by molar-refractivity contribution is 5.66. The Morgan fingerprint density at radius 3 is 2.50 bits per heavy atom. The van der Waals surface area contributed by atoms with Gasteiger partial charge in [0, 0.05) is 11.6 Å². The molecular formula is C17H17N3. The summed E-state index contributed by atoms with van der Waals surface area (Å²) in [5, 5.41) is 4.64. The molecule has 100 valence electrons. The van der Waals surface area contributed by atoms with Gasteiger partial charge in [-0.25, -0.2) is 4.68 Å². The number of hydrogen-bond donors (Lipinski definition) is 1. The number of benzene rings is 2. The molecule has 3 aromatic rings. The predicted molar refractivity (Wildman–Crippen MR) is 82.9 cm³/mol. The van der Waals surface area contributed by atoms with Crippen LogP contribution in [-0.4, -0.2) is 9.78 Å². The molecule has 0 aliphatic heterocycles. The van der Waals surface area contributed by atoms with Gasteiger partial charge in [0.15, 0.2) is 0 Å². The Balaban J connectivity index is 2.10. The van der Waals surface area contributed by atoms with Crippen molar-refractivity contribution in [2.24, 2.45) is 0 Å². The Hall–Kier alpha value is -2.55. The Labute approximate surface area is 118 Å². The quantitative estimate of drug-likeness (QED) is 0.765. The van der Waals surface area contributed by atoms with E-state index in [0.717, 1.165) is 16.9 Å². The fourth-order valence-electron chi connectivity index (χ4n) is 2.35. The minimum Gasteiger partial charge on any atom is -0.384 e. The number of anilines is 1. The number of hydrogen-bond acceptors (Lipinski definition) is 2. The Kier molecular flexibility index (Phi) is 3.03. The monoisotopic (exact) mass is 263 g/mol. The third-order valence-electron chi connectivity index (χ3n) is 3.40. The van der Waals surface area contributed by atoms with Crippen molar-refractivity contribution in [3.63, 3.8) is 0 Å². The summed E-state index contributed by atoms with van der Waals surface area (Å²) >= 11 is 0. The summed E-state index contributed by atoms with van der Waals surface area (Å²) in [4.78, 5) is 0. The number of nitrogens with two attached hydrogens (primary N) is 1. The van der Waals surface area contributed by atoms with Crippen molar-refractivity contribution >= 4 is 5.82 Å². The lowest BCUT2D eigenvalue weighted by Gasteiger charge is -2.05. The van der Waals surface area contributed by atoms with E-state index in [9.17, 15) is 0 Å². The Bertz CT molecular complexity index is 756. The molecule has 2 aromatic carbocycles. The molecule has 1 heterocycles. The summed E-state index contributed by atoms with van der Waals surface area (Å²) in [6.45, 7) is 4.14. The van der Waals surface area contributed by atoms with Crippen LogP contribution in [0, 0.1) is 13.8 Å². The highest BCUT2D eigenvalue weighted by Gasteiger charge is 2.10. The molecule has 0 saturated heterocycles. The maximum Gasteiger partial charge on any atom is 0.127 e. The van der Waals surface area contributed by atoms with Crippen molar-refractivity contribution in [2.75, 3.05) is 5.73 Å². The van der Waals surface area contributed by atoms with Crippen LogP contribution in [0.2, 0.25) is 0 Å². The van der Waals surface area contributed by atoms with Crippen molar-refractivity contribution in [3.8, 4) is 16.9 Å². The second-order valence-electron chi connectivity index (χ2n) is 5.02. The standard InChI is InChI=1S/C17H17N3/c1-12-6-5-8-14(10-12)20-17(18)11-16(19-20)15-9-4-3-7-13(15)2/h3-11H,18H2,1-2H3. The summed E-state index contributed by atoms with van der Waals surface area (Å²) in [5.74, 6) is 0.647. The normalized spacial score (nSPS) is 10.7. The van der Waals surface area contributed by atoms with Gasteiger partial charge in [0.1, 0.15) is 5.82 Å². The first kappa shape index (κ1) is 12.5. The van der Waals surface area contributed by atoms with Crippen molar-refractivity contribution < 1.29 is 0 Å². The van der Waals surface area contributed by atoms with Crippen LogP contribution in [0.15, 0.2) is 54.6 Å². The van der Waals surface area contributed by atoms with Gasteiger partial charge in [-0.2, -0.15) is 5.10 Å². The maximum atomic E-state index is 6.11. The van der Waals surface area contributed by atoms with Crippen LogP contribution in [0.1, 0.15) is 11.1 Å². The number of aromatic nitrogens is 2. The molecule has 0 bridgehead atoms. The summed E-state index contributed by atoms with van der Waals surface area (Å²) in [6.07, 6.45) is 0. The molecule has 0 saturated carbocycles. The molecule has 0 atom stereocenters. The molecule has 0 unspecified atom stereocenters. The minimum atomic E-state index is 0.647. The fourth-order valence-corrected chi connectivity index (χ4v) is 2.35. The molecule has 3 rings (SSSR count). The summed E-state index contributed by atoms with van der Waals surface area (Å²) in [5.41, 5.74) is 11.5. The third-order valence-corrected chi connectivity index (χ3v) is 3.40. The van der Waals surface area contributed by atoms with Crippen molar-refractivity contribution in [2.45, 2.75) is 13.8 Å². The van der Waals surface area contributed by atoms with Gasteiger partial charge in [0.05, 0.1) is 11.4 Å². The molecular weight excluding hydrogens is 246 g/mol. The summed E-state index contributed by atoms with van der Waals surface area (Å²) < 4.78 is 1.79. The summed E-state index contributed by atoms with van der Waals surface area (Å²) in [6, 6.07) is 18.3. The van der Waals surface area contributed by atoms with Crippen LogP contribution < -0.4 is 5.73 Å². The largest absolute Gasteiger partial charge is 0.384 e. The molecule has 20 heavy (non-hydrogen) atoms. The molecule has 3 nitrogen and oxygen atoms in total. The zero-order chi connectivity index (χ0) is 14.1. The SMILES string of the molecule is Cc1cccc(-n2nc(-c3ccccc3C)cc2N)c1. The van der Waals surface area contributed by atoms with Gasteiger partial charge in [-0.15, -0.1) is 0 Å². The average Bonchev–Trinajstić information content (AvgIpc) is 2.81. The zero-order valence-electron chi connectivity index (χ0n) is 11.7. The third kappa shape index (κ3) is 2.18. The van der Waals surface area contributed by atoms with Crippen molar-refractivity contribution in [1.29, 1.82) is 0 Å². The highest BCUT2D eigenvalue weighted by Crippen LogP contribution is 2.25. The second-order valence-corrected chi connectivity index (χ2v) is 5.02. The van der Waals surface area contributed by atoms with E-state index >= 15 is 0 Å². The van der Waals surface area contributed by atoms with Crippen LogP contribution in [0.3, 0.4) is 0 Å². The number of rotatable bonds is 2. The average molecular weight is 263 g/mol. The van der Waals surface area contributed by atoms with E-state index in [0.29, 0.717) is 5.82 Å². The van der Waals surface area contributed by atoms with E-state index in [-0.39, 0.29) is 0 Å². The van der Waals surface area contributed by atoms with E-state index in [1.54, 1.807) is 4.68 Å². The van der Waals surface area contributed by atoms with E-state index in [1.807, 2.05) is 30.3 Å². The van der Waals surface area contributed by atoms with E-state index in [2.05, 4.69) is 43.2 Å². The van der Waals surface area contributed by atoms with Gasteiger partial charge < -0.3 is 5.73 Å². The smallest absolute Gasteiger partial charge is 0.127 e. The lowest BCUT2D eigenvalue weighted by molar-refractivity contribution is 0.893. The molecule has 1 aromatic heterocycles. The predicted octanol–water partition coefficient (Wildman–Crippen LogP) is 3.74. The van der Waals surface area contributed by atoms with Crippen LogP contribution in [0.4, 0.5) is 5.82 Å². The molecule has 0 radical (unpaired) electrons. The molecule has 0 aliphatic rings. The zero-order valence-corrected chi connectivity index (χ0v) is 11.7. The number of nitrogens with zero attached hydrogens (tertiary/aromatic N) is 2. The van der Waals surface area contributed by atoms with Crippen LogP contribution >= 0.6 is 0 Å². The molecule has 0 spiro atoms. The van der Waals surface area contributed by atoms with Gasteiger partial charge in [-0.3, -0.25) is 0 Å². The van der Waals surface area contributed by atoms with Crippen molar-refractivity contribution in [3.05, 3.63) is 65.7 Å². The van der Waals surface area contributed by atoms with Crippen LogP contribution in [0.5, 0.6) is 0 Å². The molecule has 0 amide bonds. The van der Waals surface area contributed by atoms with Gasteiger partial charge in [0.2, 0.25) is 0 Å². The van der Waals surface area contributed by atoms with Gasteiger partial charge in [0.25, 0.3) is 0 Å². The van der Waals surface area contributed by atoms with Crippen molar-refractivity contribution in [1.82, 2.24) is 9.78 Å². The van der Waals surface area contributed by atoms with Crippen LogP contribution in [0.25, 0.3) is 16.9 Å². The molecule has 0 aliphatic carbocycles. The Morgan fingerprint density at radius 1 is 0.950 bits per heavy atom. The first-order valence-corrected chi connectivity index (χ1v) is 6.64. The first-order chi connectivity index (χ1) is 9.65. The molecule has 2 N–H and O–H groups in total. The number of nitrogen functional groups attached to an aromatic ring is 1. The van der Waals surface area contributed by atoms with E-state index in [1.165, 1.54) is 11.1 Å². The second kappa shape index (κ2) is 4.85. The molecule has 0 fully saturated rings. The van der Waals surface area contributed by atoms with Gasteiger partial charge in [-0.05, 0) is 37.1 Å². The van der Waals surface area contributed by atoms with Gasteiger partial charge >= 0.3 is 0 Å². The number of aryl methyl sites for hydroxylation is 2. The highest BCUT2D eigenvalue weighted by atomic mass is 15.3. The fraction of sp³-hybridized carbons (Fsp3) is 0.118.